The highest BCUT2D eigenvalue weighted by molar-refractivity contribution is 5.80. The summed E-state index contributed by atoms with van der Waals surface area (Å²) in [5.41, 5.74) is 0.226. The minimum absolute atomic E-state index is 0.0711. The number of methoxy groups -OCH3 is 1. The molecule has 0 aliphatic rings. The van der Waals surface area contributed by atoms with Gasteiger partial charge in [0.05, 0.1) is 12.0 Å². The first-order valence-corrected chi connectivity index (χ1v) is 4.64. The van der Waals surface area contributed by atoms with E-state index in [9.17, 15) is 14.9 Å². The molecule has 0 aliphatic heterocycles. The highest BCUT2D eigenvalue weighted by atomic mass is 16.6. The van der Waals surface area contributed by atoms with Gasteiger partial charge in [-0.3, -0.25) is 10.1 Å². The van der Waals surface area contributed by atoms with Crippen molar-refractivity contribution in [2.45, 2.75) is 13.0 Å². The Bertz CT molecular complexity index is 406. The van der Waals surface area contributed by atoms with Crippen LogP contribution in [0.15, 0.2) is 24.3 Å². The number of esters is 1. The number of hydrogen-bond donors (Lipinski definition) is 1. The summed E-state index contributed by atoms with van der Waals surface area (Å²) >= 11 is 0. The van der Waals surface area contributed by atoms with Gasteiger partial charge in [0.15, 0.2) is 0 Å². The van der Waals surface area contributed by atoms with Crippen molar-refractivity contribution < 1.29 is 14.5 Å². The third-order valence-corrected chi connectivity index (χ3v) is 2.03. The Labute approximate surface area is 92.4 Å². The number of carbonyl (C=O) groups is 1. The van der Waals surface area contributed by atoms with Crippen LogP contribution in [-0.4, -0.2) is 24.0 Å². The van der Waals surface area contributed by atoms with Crippen molar-refractivity contribution in [1.29, 1.82) is 0 Å². The summed E-state index contributed by atoms with van der Waals surface area (Å²) in [6, 6.07) is 5.49. The van der Waals surface area contributed by atoms with E-state index in [1.54, 1.807) is 19.1 Å². The van der Waals surface area contributed by atoms with E-state index < -0.39 is 16.9 Å². The van der Waals surface area contributed by atoms with Gasteiger partial charge in [0.2, 0.25) is 0 Å². The highest BCUT2D eigenvalue weighted by Gasteiger charge is 2.18. The average molecular weight is 224 g/mol. The van der Waals surface area contributed by atoms with Crippen LogP contribution in [0, 0.1) is 10.1 Å². The largest absolute Gasteiger partial charge is 0.467 e. The van der Waals surface area contributed by atoms with E-state index in [2.05, 4.69) is 10.1 Å². The van der Waals surface area contributed by atoms with Gasteiger partial charge in [-0.2, -0.15) is 0 Å². The SMILES string of the molecule is COC(=O)[C@H](C)Nc1ccccc1[N+](=O)[O-]. The van der Waals surface area contributed by atoms with Crippen LogP contribution in [0.5, 0.6) is 0 Å². The van der Waals surface area contributed by atoms with Crippen molar-refractivity contribution in [3.8, 4) is 0 Å². The van der Waals surface area contributed by atoms with E-state index in [1.807, 2.05) is 0 Å². The molecule has 6 nitrogen and oxygen atoms in total. The van der Waals surface area contributed by atoms with Gasteiger partial charge in [-0.15, -0.1) is 0 Å². The van der Waals surface area contributed by atoms with Crippen molar-refractivity contribution in [2.75, 3.05) is 12.4 Å². The second-order valence-electron chi connectivity index (χ2n) is 3.16. The van der Waals surface area contributed by atoms with Crippen LogP contribution < -0.4 is 5.32 Å². The fraction of sp³-hybridized carbons (Fsp3) is 0.300. The molecule has 0 fully saturated rings. The van der Waals surface area contributed by atoms with Crippen molar-refractivity contribution in [1.82, 2.24) is 0 Å². The van der Waals surface area contributed by atoms with Crippen molar-refractivity contribution in [3.05, 3.63) is 34.4 Å². The predicted molar refractivity (Wildman–Crippen MR) is 58.2 cm³/mol. The molecule has 1 aromatic carbocycles. The van der Waals surface area contributed by atoms with Gasteiger partial charge in [-0.05, 0) is 13.0 Å². The van der Waals surface area contributed by atoms with Gasteiger partial charge in [-0.25, -0.2) is 4.79 Å². The summed E-state index contributed by atoms with van der Waals surface area (Å²) in [4.78, 5) is 21.3. The Morgan fingerprint density at radius 3 is 2.69 bits per heavy atom. The molecule has 0 aliphatic carbocycles. The molecular formula is C10H12N2O4. The standard InChI is InChI=1S/C10H12N2O4/c1-7(10(13)16-2)11-8-5-3-4-6-9(8)12(14)15/h3-7,11H,1-2H3/t7-/m0/s1. The number of nitro groups is 1. The Morgan fingerprint density at radius 1 is 1.50 bits per heavy atom. The highest BCUT2D eigenvalue weighted by Crippen LogP contribution is 2.23. The fourth-order valence-corrected chi connectivity index (χ4v) is 1.22. The van der Waals surface area contributed by atoms with Crippen LogP contribution >= 0.6 is 0 Å². The van der Waals surface area contributed by atoms with Crippen LogP contribution in [0.25, 0.3) is 0 Å². The molecule has 16 heavy (non-hydrogen) atoms. The lowest BCUT2D eigenvalue weighted by Crippen LogP contribution is -2.27. The molecule has 0 aromatic heterocycles. The van der Waals surface area contributed by atoms with Crippen LogP contribution in [0.4, 0.5) is 11.4 Å². The van der Waals surface area contributed by atoms with E-state index in [4.69, 9.17) is 0 Å². The maximum absolute atomic E-state index is 11.1. The monoisotopic (exact) mass is 224 g/mol. The first kappa shape index (κ1) is 12.0. The fourth-order valence-electron chi connectivity index (χ4n) is 1.22. The van der Waals surface area contributed by atoms with E-state index >= 15 is 0 Å². The predicted octanol–water partition coefficient (Wildman–Crippen LogP) is 1.57. The quantitative estimate of drug-likeness (QED) is 0.477. The summed E-state index contributed by atoms with van der Waals surface area (Å²) in [6.45, 7) is 1.57. The lowest BCUT2D eigenvalue weighted by atomic mass is 10.2. The number of anilines is 1. The Hall–Kier alpha value is -2.11. The number of ether oxygens (including phenoxy) is 1. The number of nitrogens with one attached hydrogen (secondary N) is 1. The molecule has 1 aromatic rings. The molecule has 0 spiro atoms. The molecule has 0 bridgehead atoms. The number of hydrogen-bond acceptors (Lipinski definition) is 5. The zero-order valence-electron chi connectivity index (χ0n) is 8.97. The third-order valence-electron chi connectivity index (χ3n) is 2.03. The number of carbonyl (C=O) groups excluding carboxylic acids is 1. The molecular weight excluding hydrogens is 212 g/mol. The topological polar surface area (TPSA) is 81.5 Å². The van der Waals surface area contributed by atoms with Gasteiger partial charge in [0.25, 0.3) is 5.69 Å². The zero-order chi connectivity index (χ0) is 12.1. The second kappa shape index (κ2) is 5.11. The molecule has 0 amide bonds. The molecule has 1 N–H and O–H groups in total. The van der Waals surface area contributed by atoms with Crippen molar-refractivity contribution in [3.63, 3.8) is 0 Å². The number of para-hydroxylation sites is 2. The van der Waals surface area contributed by atoms with Gasteiger partial charge in [-0.1, -0.05) is 12.1 Å². The summed E-state index contributed by atoms with van der Waals surface area (Å²) < 4.78 is 4.51. The molecule has 1 atom stereocenters. The van der Waals surface area contributed by atoms with E-state index in [0.29, 0.717) is 5.69 Å². The Morgan fingerprint density at radius 2 is 2.12 bits per heavy atom. The van der Waals surface area contributed by atoms with Gasteiger partial charge < -0.3 is 10.1 Å². The minimum atomic E-state index is -0.633. The number of nitro benzene ring substituents is 1. The first-order chi connectivity index (χ1) is 7.56. The van der Waals surface area contributed by atoms with Gasteiger partial charge in [0, 0.05) is 6.07 Å². The third kappa shape index (κ3) is 2.69. The number of rotatable bonds is 4. The number of benzene rings is 1. The summed E-state index contributed by atoms with van der Waals surface area (Å²) in [5.74, 6) is -0.474. The summed E-state index contributed by atoms with van der Waals surface area (Å²) in [5, 5.41) is 13.4. The van der Waals surface area contributed by atoms with Crippen LogP contribution in [0.2, 0.25) is 0 Å². The molecule has 6 heteroatoms. The molecule has 0 radical (unpaired) electrons. The first-order valence-electron chi connectivity index (χ1n) is 4.64. The second-order valence-corrected chi connectivity index (χ2v) is 3.16. The van der Waals surface area contributed by atoms with Crippen molar-refractivity contribution in [2.24, 2.45) is 0 Å². The van der Waals surface area contributed by atoms with Crippen LogP contribution in [-0.2, 0) is 9.53 Å². The zero-order valence-corrected chi connectivity index (χ0v) is 8.97. The maximum atomic E-state index is 11.1. The minimum Gasteiger partial charge on any atom is -0.467 e. The number of nitrogens with zero attached hydrogens (tertiary/aromatic N) is 1. The van der Waals surface area contributed by atoms with Gasteiger partial charge >= 0.3 is 5.97 Å². The van der Waals surface area contributed by atoms with E-state index in [-0.39, 0.29) is 5.69 Å². The molecule has 86 valence electrons. The summed E-state index contributed by atoms with van der Waals surface area (Å²) in [7, 11) is 1.26. The molecule has 0 heterocycles. The molecule has 0 saturated heterocycles. The van der Waals surface area contributed by atoms with Gasteiger partial charge in [0.1, 0.15) is 11.7 Å². The smallest absolute Gasteiger partial charge is 0.327 e. The van der Waals surface area contributed by atoms with Crippen molar-refractivity contribution >= 4 is 17.3 Å². The van der Waals surface area contributed by atoms with Crippen LogP contribution in [0.1, 0.15) is 6.92 Å². The van der Waals surface area contributed by atoms with E-state index in [0.717, 1.165) is 0 Å². The lowest BCUT2D eigenvalue weighted by Gasteiger charge is -2.12. The lowest BCUT2D eigenvalue weighted by molar-refractivity contribution is -0.384. The Kier molecular flexibility index (Phi) is 3.82. The normalized spacial score (nSPS) is 11.6. The summed E-state index contributed by atoms with van der Waals surface area (Å²) in [6.07, 6.45) is 0. The molecule has 1 rings (SSSR count). The average Bonchev–Trinajstić information content (AvgIpc) is 2.28. The molecule has 0 saturated carbocycles. The maximum Gasteiger partial charge on any atom is 0.327 e. The Balaban J connectivity index is 2.88. The molecule has 0 unspecified atom stereocenters. The van der Waals surface area contributed by atoms with Crippen LogP contribution in [0.3, 0.4) is 0 Å². The van der Waals surface area contributed by atoms with E-state index in [1.165, 1.54) is 19.2 Å².